The summed E-state index contributed by atoms with van der Waals surface area (Å²) in [7, 11) is -0.808. The van der Waals surface area contributed by atoms with Crippen LogP contribution in [0, 0.1) is 11.7 Å². The van der Waals surface area contributed by atoms with E-state index in [2.05, 4.69) is 0 Å². The van der Waals surface area contributed by atoms with Crippen molar-refractivity contribution in [2.24, 2.45) is 5.92 Å². The van der Waals surface area contributed by atoms with E-state index in [0.29, 0.717) is 39.9 Å². The molecule has 3 aromatic carbocycles. The first-order valence-corrected chi connectivity index (χ1v) is 12.3. The van der Waals surface area contributed by atoms with Gasteiger partial charge in [-0.15, -0.1) is 0 Å². The van der Waals surface area contributed by atoms with Gasteiger partial charge in [0, 0.05) is 45.2 Å². The first kappa shape index (κ1) is 21.0. The van der Waals surface area contributed by atoms with Crippen LogP contribution in [0.3, 0.4) is 0 Å². The largest absolute Gasteiger partial charge is 0.294 e. The monoisotopic (exact) mass is 466 g/mol. The first-order chi connectivity index (χ1) is 15.5. The van der Waals surface area contributed by atoms with E-state index in [4.69, 9.17) is 16.7 Å². The van der Waals surface area contributed by atoms with E-state index in [1.807, 2.05) is 42.5 Å². The summed E-state index contributed by atoms with van der Waals surface area (Å²) in [6.07, 6.45) is 1.21. The molecule has 0 saturated carbocycles. The van der Waals surface area contributed by atoms with Crippen molar-refractivity contribution in [3.8, 4) is 16.9 Å². The zero-order chi connectivity index (χ0) is 22.2. The van der Waals surface area contributed by atoms with E-state index in [1.165, 1.54) is 12.1 Å². The van der Waals surface area contributed by atoms with Crippen molar-refractivity contribution in [3.05, 3.63) is 83.1 Å². The molecule has 4 nitrogen and oxygen atoms in total. The van der Waals surface area contributed by atoms with Crippen LogP contribution in [0.5, 0.6) is 0 Å². The highest BCUT2D eigenvalue weighted by atomic mass is 35.5. The summed E-state index contributed by atoms with van der Waals surface area (Å²) < 4.78 is 26.9. The maximum atomic E-state index is 13.5. The van der Waals surface area contributed by atoms with E-state index < -0.39 is 10.8 Å². The molecule has 1 aliphatic rings. The van der Waals surface area contributed by atoms with Crippen LogP contribution in [-0.2, 0) is 10.8 Å². The molecule has 1 aromatic heterocycles. The number of fused-ring (bicyclic) bond motifs is 1. The number of rotatable bonds is 5. The van der Waals surface area contributed by atoms with Crippen LogP contribution in [0.2, 0.25) is 5.02 Å². The van der Waals surface area contributed by atoms with E-state index >= 15 is 0 Å². The van der Waals surface area contributed by atoms with E-state index in [9.17, 15) is 13.4 Å². The number of benzene rings is 3. The van der Waals surface area contributed by atoms with Gasteiger partial charge in [-0.05, 0) is 54.8 Å². The highest BCUT2D eigenvalue weighted by Gasteiger charge is 2.25. The van der Waals surface area contributed by atoms with Gasteiger partial charge < -0.3 is 0 Å². The number of ketones is 1. The van der Waals surface area contributed by atoms with Crippen molar-refractivity contribution in [1.82, 2.24) is 9.78 Å². The number of carbonyl (C=O) groups is 1. The van der Waals surface area contributed by atoms with Crippen LogP contribution in [0.15, 0.2) is 66.7 Å². The third kappa shape index (κ3) is 4.00. The average molecular weight is 467 g/mol. The molecule has 162 valence electrons. The second-order valence-corrected chi connectivity index (χ2v) is 10.1. The molecule has 0 bridgehead atoms. The lowest BCUT2D eigenvalue weighted by molar-refractivity contribution is 0.0966. The standard InChI is InChI=1S/C25H20ClFN2O2S/c26-22-4-2-1-3-20(22)25-21-10-5-17(24(30)13-16-11-12-32(31)15-16)14-23(21)29(28-25)19-8-6-18(27)7-9-19/h1-10,14,16H,11-13,15H2. The predicted molar refractivity (Wildman–Crippen MR) is 126 cm³/mol. The van der Waals surface area contributed by atoms with Gasteiger partial charge in [0.05, 0.1) is 16.2 Å². The van der Waals surface area contributed by atoms with E-state index in [-0.39, 0.29) is 17.5 Å². The van der Waals surface area contributed by atoms with Crippen molar-refractivity contribution in [2.75, 3.05) is 11.5 Å². The number of nitrogens with zero attached hydrogens (tertiary/aromatic N) is 2. The first-order valence-electron chi connectivity index (χ1n) is 10.4. The lowest BCUT2D eigenvalue weighted by Crippen LogP contribution is -2.09. The molecule has 1 saturated heterocycles. The van der Waals surface area contributed by atoms with Gasteiger partial charge in [0.25, 0.3) is 0 Å². The number of Topliss-reactive ketones (excluding diaryl/α,β-unsaturated/α-hetero) is 1. The minimum absolute atomic E-state index is 0.0296. The fraction of sp³-hybridized carbons (Fsp3) is 0.200. The van der Waals surface area contributed by atoms with E-state index in [1.54, 1.807) is 16.8 Å². The van der Waals surface area contributed by atoms with Crippen LogP contribution in [0.1, 0.15) is 23.2 Å². The number of aromatic nitrogens is 2. The van der Waals surface area contributed by atoms with Gasteiger partial charge in [0.15, 0.2) is 5.78 Å². The Morgan fingerprint density at radius 3 is 2.62 bits per heavy atom. The summed E-state index contributed by atoms with van der Waals surface area (Å²) >= 11 is 6.45. The molecule has 0 radical (unpaired) electrons. The third-order valence-electron chi connectivity index (χ3n) is 5.85. The molecule has 2 heterocycles. The molecule has 4 aromatic rings. The summed E-state index contributed by atoms with van der Waals surface area (Å²) in [5.74, 6) is 1.14. The molecule has 0 amide bonds. The van der Waals surface area contributed by atoms with Crippen molar-refractivity contribution in [1.29, 1.82) is 0 Å². The molecule has 0 aliphatic carbocycles. The molecule has 2 unspecified atom stereocenters. The molecule has 7 heteroatoms. The Hall–Kier alpha value is -2.83. The minimum Gasteiger partial charge on any atom is -0.294 e. The van der Waals surface area contributed by atoms with Gasteiger partial charge in [-0.3, -0.25) is 9.00 Å². The molecule has 1 fully saturated rings. The number of carbonyl (C=O) groups excluding carboxylic acids is 1. The zero-order valence-electron chi connectivity index (χ0n) is 17.1. The molecule has 0 N–H and O–H groups in total. The predicted octanol–water partition coefficient (Wildman–Crippen LogP) is 5.83. The van der Waals surface area contributed by atoms with Crippen LogP contribution in [0.4, 0.5) is 4.39 Å². The molecule has 32 heavy (non-hydrogen) atoms. The smallest absolute Gasteiger partial charge is 0.163 e. The van der Waals surface area contributed by atoms with Crippen molar-refractivity contribution >= 4 is 39.1 Å². The van der Waals surface area contributed by atoms with Gasteiger partial charge in [-0.1, -0.05) is 35.9 Å². The Balaban J connectivity index is 1.62. The van der Waals surface area contributed by atoms with Gasteiger partial charge in [-0.2, -0.15) is 5.10 Å². The van der Waals surface area contributed by atoms with Gasteiger partial charge in [-0.25, -0.2) is 9.07 Å². The Bertz CT molecular complexity index is 1350. The Kier molecular flexibility index (Phi) is 5.66. The quantitative estimate of drug-likeness (QED) is 0.348. The summed E-state index contributed by atoms with van der Waals surface area (Å²) in [5, 5.41) is 6.22. The maximum Gasteiger partial charge on any atom is 0.163 e. The average Bonchev–Trinajstić information content (AvgIpc) is 3.37. The second kappa shape index (κ2) is 8.60. The molecule has 2 atom stereocenters. The van der Waals surface area contributed by atoms with Gasteiger partial charge >= 0.3 is 0 Å². The Labute approximate surface area is 192 Å². The van der Waals surface area contributed by atoms with Crippen LogP contribution >= 0.6 is 11.6 Å². The molecular weight excluding hydrogens is 447 g/mol. The second-order valence-electron chi connectivity index (χ2n) is 8.04. The fourth-order valence-corrected chi connectivity index (χ4v) is 5.99. The minimum atomic E-state index is -0.808. The van der Waals surface area contributed by atoms with Crippen molar-refractivity contribution < 1.29 is 13.4 Å². The van der Waals surface area contributed by atoms with Crippen molar-refractivity contribution in [2.45, 2.75) is 12.8 Å². The van der Waals surface area contributed by atoms with Crippen LogP contribution in [-0.4, -0.2) is 31.3 Å². The molecule has 0 spiro atoms. The van der Waals surface area contributed by atoms with Crippen LogP contribution in [0.25, 0.3) is 27.8 Å². The third-order valence-corrected chi connectivity index (χ3v) is 7.72. The Morgan fingerprint density at radius 1 is 1.12 bits per heavy atom. The summed E-state index contributed by atoms with van der Waals surface area (Å²) in [6.45, 7) is 0. The summed E-state index contributed by atoms with van der Waals surface area (Å²) in [4.78, 5) is 13.0. The number of halogens is 2. The SMILES string of the molecule is O=C(CC1CCS(=O)C1)c1ccc2c(-c3ccccc3Cl)nn(-c3ccc(F)cc3)c2c1. The fourth-order valence-electron chi connectivity index (χ4n) is 4.19. The number of hydrogen-bond acceptors (Lipinski definition) is 3. The molecular formula is C25H20ClFN2O2S. The normalized spacial score (nSPS) is 18.3. The lowest BCUT2D eigenvalue weighted by Gasteiger charge is -2.08. The summed E-state index contributed by atoms with van der Waals surface area (Å²) in [5.41, 5.74) is 3.50. The van der Waals surface area contributed by atoms with Crippen molar-refractivity contribution in [3.63, 3.8) is 0 Å². The topological polar surface area (TPSA) is 52.0 Å². The number of hydrogen-bond donors (Lipinski definition) is 0. The van der Waals surface area contributed by atoms with E-state index in [0.717, 1.165) is 22.9 Å². The lowest BCUT2D eigenvalue weighted by atomic mass is 9.97. The molecule has 1 aliphatic heterocycles. The van der Waals surface area contributed by atoms with Gasteiger partial charge in [0.1, 0.15) is 11.5 Å². The highest BCUT2D eigenvalue weighted by Crippen LogP contribution is 2.35. The Morgan fingerprint density at radius 2 is 1.91 bits per heavy atom. The van der Waals surface area contributed by atoms with Crippen LogP contribution < -0.4 is 0 Å². The molecule has 5 rings (SSSR count). The van der Waals surface area contributed by atoms with Gasteiger partial charge in [0.2, 0.25) is 0 Å². The zero-order valence-corrected chi connectivity index (χ0v) is 18.7. The highest BCUT2D eigenvalue weighted by molar-refractivity contribution is 7.85. The maximum absolute atomic E-state index is 13.5. The summed E-state index contributed by atoms with van der Waals surface area (Å²) in [6, 6.07) is 19.1.